The number of β-lactam (4-membered cyclic amide) rings is 1. The molecule has 1 fully saturated rings. The maximum atomic E-state index is 12.9. The first-order valence-electron chi connectivity index (χ1n) is 8.96. The van der Waals surface area contributed by atoms with Crippen LogP contribution in [0, 0.1) is 0 Å². The van der Waals surface area contributed by atoms with Crippen molar-refractivity contribution in [2.24, 2.45) is 5.16 Å². The van der Waals surface area contributed by atoms with Crippen molar-refractivity contribution >= 4 is 50.3 Å². The van der Waals surface area contributed by atoms with Crippen molar-refractivity contribution in [1.82, 2.24) is 29.4 Å². The number of oxime groups is 1. The van der Waals surface area contributed by atoms with Gasteiger partial charge in [-0.15, -0.1) is 21.5 Å². The summed E-state index contributed by atoms with van der Waals surface area (Å²) >= 11 is 0.965. The second-order valence-corrected chi connectivity index (χ2v) is 9.39. The van der Waals surface area contributed by atoms with Gasteiger partial charge in [-0.05, 0) is 13.8 Å². The lowest BCUT2D eigenvalue weighted by molar-refractivity contribution is -0.161. The number of anilines is 1. The molecule has 0 bridgehead atoms. The number of carbonyl (C=O) groups excluding carboxylic acids is 2. The number of aliphatic carboxylic acids is 1. The van der Waals surface area contributed by atoms with Crippen molar-refractivity contribution in [3.05, 3.63) is 23.7 Å². The van der Waals surface area contributed by atoms with Gasteiger partial charge in [0, 0.05) is 11.9 Å². The highest BCUT2D eigenvalue weighted by Crippen LogP contribution is 2.25. The molecule has 3 heterocycles. The number of rotatable bonds is 9. The highest BCUT2D eigenvalue weighted by Gasteiger charge is 2.54. The minimum Gasteiger partial charge on any atom is -0.478 e. The van der Waals surface area contributed by atoms with Gasteiger partial charge in [0.15, 0.2) is 10.8 Å². The van der Waals surface area contributed by atoms with E-state index < -0.39 is 51.5 Å². The fourth-order valence-corrected chi connectivity index (χ4v) is 4.10. The number of nitrogen functional groups attached to an aromatic ring is 1. The van der Waals surface area contributed by atoms with Crippen LogP contribution in [0.3, 0.4) is 0 Å². The zero-order valence-corrected chi connectivity index (χ0v) is 18.6. The molecule has 5 N–H and O–H groups in total. The topological polar surface area (TPSA) is 232 Å². The van der Waals surface area contributed by atoms with Crippen LogP contribution in [0.1, 0.15) is 19.5 Å². The van der Waals surface area contributed by atoms with E-state index in [4.69, 9.17) is 10.6 Å². The summed E-state index contributed by atoms with van der Waals surface area (Å²) in [6.45, 7) is 2.21. The first-order valence-corrected chi connectivity index (χ1v) is 11.2. The molecule has 3 rings (SSSR count). The van der Waals surface area contributed by atoms with Crippen molar-refractivity contribution in [1.29, 1.82) is 0 Å². The Morgan fingerprint density at radius 1 is 1.36 bits per heavy atom. The molecule has 16 nitrogen and oxygen atoms in total. The van der Waals surface area contributed by atoms with Crippen molar-refractivity contribution in [2.75, 3.05) is 5.73 Å². The molecule has 33 heavy (non-hydrogen) atoms. The molecule has 1 aliphatic heterocycles. The van der Waals surface area contributed by atoms with Gasteiger partial charge in [-0.3, -0.25) is 14.1 Å². The zero-order chi connectivity index (χ0) is 24.6. The van der Waals surface area contributed by atoms with Crippen LogP contribution in [-0.2, 0) is 36.1 Å². The third kappa shape index (κ3) is 5.07. The minimum atomic E-state index is -4.91. The van der Waals surface area contributed by atoms with Crippen LogP contribution in [-0.4, -0.2) is 83.3 Å². The van der Waals surface area contributed by atoms with E-state index in [9.17, 15) is 32.5 Å². The van der Waals surface area contributed by atoms with Crippen LogP contribution >= 0.6 is 11.3 Å². The van der Waals surface area contributed by atoms with Gasteiger partial charge in [-0.2, -0.15) is 8.42 Å². The second-order valence-electron chi connectivity index (χ2n) is 7.21. The van der Waals surface area contributed by atoms with Crippen molar-refractivity contribution in [3.8, 4) is 0 Å². The van der Waals surface area contributed by atoms with Crippen molar-refractivity contribution in [2.45, 2.75) is 38.1 Å². The van der Waals surface area contributed by atoms with Gasteiger partial charge in [-0.25, -0.2) is 14.1 Å². The highest BCUT2D eigenvalue weighted by molar-refractivity contribution is 7.84. The van der Waals surface area contributed by atoms with Crippen LogP contribution in [0.2, 0.25) is 0 Å². The molecule has 2 atom stereocenters. The lowest BCUT2D eigenvalue weighted by atomic mass is 9.98. The molecule has 0 saturated carbocycles. The van der Waals surface area contributed by atoms with Crippen molar-refractivity contribution < 1.29 is 37.3 Å². The number of aromatic nitrogens is 4. The maximum Gasteiger partial charge on any atom is 0.362 e. The molecule has 2 aromatic heterocycles. The molecule has 1 saturated heterocycles. The number of hydrogen-bond donors (Lipinski definition) is 4. The molecule has 0 spiro atoms. The average Bonchev–Trinajstić information content (AvgIpc) is 3.36. The predicted octanol–water partition coefficient (Wildman–Crippen LogP) is -1.90. The summed E-state index contributed by atoms with van der Waals surface area (Å²) in [6, 6.07) is -2.61. The van der Waals surface area contributed by atoms with Gasteiger partial charge in [0.25, 0.3) is 11.8 Å². The Morgan fingerprint density at radius 2 is 2.00 bits per heavy atom. The van der Waals surface area contributed by atoms with Gasteiger partial charge in [0.2, 0.25) is 5.60 Å². The summed E-state index contributed by atoms with van der Waals surface area (Å²) in [4.78, 5) is 45.5. The summed E-state index contributed by atoms with van der Waals surface area (Å²) in [7, 11) is -4.91. The first-order chi connectivity index (χ1) is 15.3. The number of carboxylic acids is 1. The van der Waals surface area contributed by atoms with Gasteiger partial charge in [-0.1, -0.05) is 5.16 Å². The zero-order valence-electron chi connectivity index (χ0n) is 17.0. The number of nitrogens with zero attached hydrogens (tertiary/aromatic N) is 6. The van der Waals surface area contributed by atoms with Gasteiger partial charge in [0.05, 0.1) is 6.04 Å². The van der Waals surface area contributed by atoms with E-state index in [1.807, 2.05) is 0 Å². The molecule has 2 aromatic rings. The number of nitrogens with two attached hydrogens (primary N) is 1. The highest BCUT2D eigenvalue weighted by atomic mass is 32.2. The molecule has 18 heteroatoms. The van der Waals surface area contributed by atoms with Gasteiger partial charge < -0.3 is 25.6 Å². The third-order valence-electron chi connectivity index (χ3n) is 4.43. The average molecular weight is 502 g/mol. The maximum absolute atomic E-state index is 12.9. The fraction of sp³-hybridized carbons (Fsp3) is 0.400. The Kier molecular flexibility index (Phi) is 6.34. The molecule has 0 radical (unpaired) electrons. The first kappa shape index (κ1) is 24.0. The Hall–Kier alpha value is -3.64. The number of amides is 2. The molecule has 2 amide bonds. The molecule has 2 unspecified atom stereocenters. The molecule has 178 valence electrons. The lowest BCUT2D eigenvalue weighted by Gasteiger charge is -2.44. The molecular weight excluding hydrogens is 484 g/mol. The molecule has 0 aromatic carbocycles. The number of thiazole rings is 1. The van der Waals surface area contributed by atoms with E-state index in [2.05, 4.69) is 25.7 Å². The van der Waals surface area contributed by atoms with E-state index in [0.29, 0.717) is 0 Å². The standard InChI is InChI=1S/C15H18N8O8S2/c1-15(2,13(26)27)31-21-9(7-4-32-14(16)19-7)11(24)20-10-8(3-22-5-17-18-6-22)23(12(10)25)33(28,29)30/h4-6,8,10H,3H2,1-2H3,(H2,16,19)(H,20,24)(H,26,27)(H,28,29,30). The van der Waals surface area contributed by atoms with Crippen LogP contribution in [0.5, 0.6) is 0 Å². The normalized spacial score (nSPS) is 19.2. The minimum absolute atomic E-state index is 0.0649. The number of carbonyl (C=O) groups is 3. The summed E-state index contributed by atoms with van der Waals surface area (Å²) in [6.07, 6.45) is 2.49. The van der Waals surface area contributed by atoms with E-state index >= 15 is 0 Å². The smallest absolute Gasteiger partial charge is 0.362 e. The van der Waals surface area contributed by atoms with E-state index in [0.717, 1.165) is 11.3 Å². The Labute approximate surface area is 189 Å². The van der Waals surface area contributed by atoms with Crippen LogP contribution in [0.25, 0.3) is 0 Å². The Bertz CT molecular complexity index is 1210. The number of hydrogen-bond acceptors (Lipinski definition) is 12. The lowest BCUT2D eigenvalue weighted by Crippen LogP contribution is -2.73. The molecule has 1 aliphatic rings. The Morgan fingerprint density at radius 3 is 2.52 bits per heavy atom. The molecular formula is C15H18N8O8S2. The second kappa shape index (κ2) is 8.71. The summed E-state index contributed by atoms with van der Waals surface area (Å²) in [5.74, 6) is -3.49. The van der Waals surface area contributed by atoms with Crippen LogP contribution < -0.4 is 11.1 Å². The summed E-state index contributed by atoms with van der Waals surface area (Å²) < 4.78 is 34.2. The number of nitrogens with one attached hydrogen (secondary N) is 1. The predicted molar refractivity (Wildman–Crippen MR) is 110 cm³/mol. The largest absolute Gasteiger partial charge is 0.478 e. The summed E-state index contributed by atoms with van der Waals surface area (Å²) in [5.41, 5.74) is 3.21. The van der Waals surface area contributed by atoms with Crippen LogP contribution in [0.15, 0.2) is 23.2 Å². The van der Waals surface area contributed by atoms with Crippen molar-refractivity contribution in [3.63, 3.8) is 0 Å². The molecule has 0 aliphatic carbocycles. The van der Waals surface area contributed by atoms with E-state index in [-0.39, 0.29) is 21.7 Å². The van der Waals surface area contributed by atoms with Gasteiger partial charge >= 0.3 is 16.3 Å². The Balaban J connectivity index is 1.88. The van der Waals surface area contributed by atoms with Gasteiger partial charge in [0.1, 0.15) is 24.4 Å². The van der Waals surface area contributed by atoms with Crippen LogP contribution in [0.4, 0.5) is 5.13 Å². The third-order valence-corrected chi connectivity index (χ3v) is 6.05. The monoisotopic (exact) mass is 502 g/mol. The van der Waals surface area contributed by atoms with E-state index in [1.54, 1.807) is 0 Å². The summed E-state index contributed by atoms with van der Waals surface area (Å²) in [5, 5.41) is 23.7. The van der Waals surface area contributed by atoms with E-state index in [1.165, 1.54) is 36.4 Å². The SMILES string of the molecule is CC(C)(ON=C(C(=O)NC1C(=O)N(S(=O)(=O)O)C1Cn1cnnc1)c1csc(N)n1)C(=O)O. The number of carboxylic acid groups (broad SMARTS) is 1. The fourth-order valence-electron chi connectivity index (χ4n) is 2.68. The quantitative estimate of drug-likeness (QED) is 0.127.